The Hall–Kier alpha value is -1.59. The zero-order valence-electron chi connectivity index (χ0n) is 12.6. The average molecular weight is 288 g/mol. The number of nitrogens with two attached hydrogens (primary N) is 1. The van der Waals surface area contributed by atoms with Crippen LogP contribution in [0, 0.1) is 0 Å². The van der Waals surface area contributed by atoms with Crippen LogP contribution in [0.2, 0.25) is 0 Å². The molecule has 0 aliphatic carbocycles. The van der Waals surface area contributed by atoms with E-state index in [1.807, 2.05) is 25.1 Å². The molecule has 2 heterocycles. The minimum Gasteiger partial charge on any atom is -0.399 e. The Morgan fingerprint density at radius 2 is 2.24 bits per heavy atom. The van der Waals surface area contributed by atoms with Gasteiger partial charge >= 0.3 is 0 Å². The van der Waals surface area contributed by atoms with Gasteiger partial charge in [-0.15, -0.1) is 0 Å². The summed E-state index contributed by atoms with van der Waals surface area (Å²) in [5.74, 6) is 0.0482. The molecule has 0 radical (unpaired) electrons. The standard InChI is InChI=1S/C16H24N4O/c1-12(16(21)18-14-5-2-4-13(17)10-14)20-9-8-19-7-3-6-15(19)11-20/h2,4-5,10,12,15H,3,6-9,11,17H2,1H3,(H,18,21). The molecule has 1 aromatic rings. The quantitative estimate of drug-likeness (QED) is 0.825. The highest BCUT2D eigenvalue weighted by Gasteiger charge is 2.34. The third-order valence-electron chi connectivity index (χ3n) is 4.70. The number of rotatable bonds is 3. The van der Waals surface area contributed by atoms with Crippen LogP contribution in [0.15, 0.2) is 24.3 Å². The number of benzene rings is 1. The number of nitrogen functional groups attached to an aromatic ring is 1. The van der Waals surface area contributed by atoms with Gasteiger partial charge in [-0.1, -0.05) is 6.07 Å². The molecule has 2 fully saturated rings. The number of anilines is 2. The highest BCUT2D eigenvalue weighted by molar-refractivity contribution is 5.94. The molecule has 3 rings (SSSR count). The van der Waals surface area contributed by atoms with Crippen LogP contribution in [0.25, 0.3) is 0 Å². The van der Waals surface area contributed by atoms with Crippen LogP contribution in [0.1, 0.15) is 19.8 Å². The van der Waals surface area contributed by atoms with Crippen LogP contribution in [0.4, 0.5) is 11.4 Å². The van der Waals surface area contributed by atoms with E-state index < -0.39 is 0 Å². The van der Waals surface area contributed by atoms with Gasteiger partial charge < -0.3 is 11.1 Å². The van der Waals surface area contributed by atoms with E-state index in [1.54, 1.807) is 6.07 Å². The molecule has 1 amide bonds. The molecule has 2 unspecified atom stereocenters. The van der Waals surface area contributed by atoms with Crippen molar-refractivity contribution in [2.75, 3.05) is 37.2 Å². The lowest BCUT2D eigenvalue weighted by atomic mass is 10.1. The maximum absolute atomic E-state index is 12.4. The van der Waals surface area contributed by atoms with E-state index in [0.29, 0.717) is 11.7 Å². The fourth-order valence-corrected chi connectivity index (χ4v) is 3.40. The van der Waals surface area contributed by atoms with E-state index in [2.05, 4.69) is 15.1 Å². The first-order chi connectivity index (χ1) is 10.1. The lowest BCUT2D eigenvalue weighted by molar-refractivity contribution is -0.121. The van der Waals surface area contributed by atoms with Gasteiger partial charge in [-0.2, -0.15) is 0 Å². The molecular formula is C16H24N4O. The van der Waals surface area contributed by atoms with E-state index >= 15 is 0 Å². The number of carbonyl (C=O) groups excluding carboxylic acids is 1. The molecule has 1 aromatic carbocycles. The third-order valence-corrected chi connectivity index (χ3v) is 4.70. The number of hydrogen-bond acceptors (Lipinski definition) is 4. The van der Waals surface area contributed by atoms with Crippen molar-refractivity contribution in [2.45, 2.75) is 31.8 Å². The Bertz CT molecular complexity index is 519. The number of nitrogens with zero attached hydrogens (tertiary/aromatic N) is 2. The van der Waals surface area contributed by atoms with Gasteiger partial charge in [-0.05, 0) is 44.5 Å². The van der Waals surface area contributed by atoms with E-state index in [1.165, 1.54) is 19.4 Å². The van der Waals surface area contributed by atoms with Crippen LogP contribution in [-0.4, -0.2) is 54.0 Å². The maximum atomic E-state index is 12.4. The average Bonchev–Trinajstić information content (AvgIpc) is 2.93. The topological polar surface area (TPSA) is 61.6 Å². The van der Waals surface area contributed by atoms with Gasteiger partial charge in [0.15, 0.2) is 0 Å². The van der Waals surface area contributed by atoms with Crippen LogP contribution in [0.3, 0.4) is 0 Å². The van der Waals surface area contributed by atoms with Crippen molar-refractivity contribution in [1.82, 2.24) is 9.80 Å². The van der Waals surface area contributed by atoms with Gasteiger partial charge in [0.1, 0.15) is 0 Å². The van der Waals surface area contributed by atoms with Gasteiger partial charge in [0.05, 0.1) is 6.04 Å². The Morgan fingerprint density at radius 3 is 3.05 bits per heavy atom. The molecule has 0 bridgehead atoms. The van der Waals surface area contributed by atoms with E-state index in [4.69, 9.17) is 5.73 Å². The van der Waals surface area contributed by atoms with Gasteiger partial charge in [-0.3, -0.25) is 14.6 Å². The van der Waals surface area contributed by atoms with E-state index in [9.17, 15) is 4.79 Å². The molecule has 3 N–H and O–H groups in total. The zero-order valence-corrected chi connectivity index (χ0v) is 12.6. The second-order valence-corrected chi connectivity index (χ2v) is 6.12. The highest BCUT2D eigenvalue weighted by Crippen LogP contribution is 2.23. The number of amides is 1. The summed E-state index contributed by atoms with van der Waals surface area (Å²) >= 11 is 0. The normalized spacial score (nSPS) is 24.5. The molecule has 5 nitrogen and oxygen atoms in total. The van der Waals surface area contributed by atoms with Gasteiger partial charge in [0, 0.05) is 37.1 Å². The summed E-state index contributed by atoms with van der Waals surface area (Å²) in [4.78, 5) is 17.3. The molecule has 2 saturated heterocycles. The predicted octanol–water partition coefficient (Wildman–Crippen LogP) is 1.38. The monoisotopic (exact) mass is 288 g/mol. The molecule has 21 heavy (non-hydrogen) atoms. The Kier molecular flexibility index (Phi) is 4.12. The molecule has 5 heteroatoms. The van der Waals surface area contributed by atoms with Gasteiger partial charge in [0.25, 0.3) is 0 Å². The van der Waals surface area contributed by atoms with Crippen molar-refractivity contribution >= 4 is 17.3 Å². The second kappa shape index (κ2) is 6.03. The smallest absolute Gasteiger partial charge is 0.241 e. The summed E-state index contributed by atoms with van der Waals surface area (Å²) in [5, 5.41) is 2.97. The SMILES string of the molecule is CC(C(=O)Nc1cccc(N)c1)N1CCN2CCCC2C1. The maximum Gasteiger partial charge on any atom is 0.241 e. The van der Waals surface area contributed by atoms with Gasteiger partial charge in [0.2, 0.25) is 5.91 Å². The lowest BCUT2D eigenvalue weighted by Gasteiger charge is -2.39. The van der Waals surface area contributed by atoms with Crippen molar-refractivity contribution in [3.05, 3.63) is 24.3 Å². The second-order valence-electron chi connectivity index (χ2n) is 6.12. The van der Waals surface area contributed by atoms with Crippen LogP contribution < -0.4 is 11.1 Å². The van der Waals surface area contributed by atoms with Crippen molar-refractivity contribution in [2.24, 2.45) is 0 Å². The summed E-state index contributed by atoms with van der Waals surface area (Å²) in [6.07, 6.45) is 2.56. The van der Waals surface area contributed by atoms with Crippen molar-refractivity contribution in [1.29, 1.82) is 0 Å². The minimum atomic E-state index is -0.103. The van der Waals surface area contributed by atoms with Crippen molar-refractivity contribution < 1.29 is 4.79 Å². The minimum absolute atomic E-state index is 0.0482. The Morgan fingerprint density at radius 1 is 1.38 bits per heavy atom. The lowest BCUT2D eigenvalue weighted by Crippen LogP contribution is -2.55. The first kappa shape index (κ1) is 14.4. The molecule has 0 saturated carbocycles. The third kappa shape index (κ3) is 3.19. The van der Waals surface area contributed by atoms with Crippen LogP contribution in [0.5, 0.6) is 0 Å². The van der Waals surface area contributed by atoms with Gasteiger partial charge in [-0.25, -0.2) is 0 Å². The first-order valence-corrected chi connectivity index (χ1v) is 7.78. The number of piperazine rings is 1. The molecule has 2 aliphatic rings. The number of carbonyl (C=O) groups is 1. The number of hydrogen-bond donors (Lipinski definition) is 2. The molecule has 2 atom stereocenters. The van der Waals surface area contributed by atoms with E-state index in [-0.39, 0.29) is 11.9 Å². The fraction of sp³-hybridized carbons (Fsp3) is 0.562. The first-order valence-electron chi connectivity index (χ1n) is 7.78. The fourth-order valence-electron chi connectivity index (χ4n) is 3.40. The summed E-state index contributed by atoms with van der Waals surface area (Å²) in [7, 11) is 0. The number of fused-ring (bicyclic) bond motifs is 1. The van der Waals surface area contributed by atoms with Crippen molar-refractivity contribution in [3.8, 4) is 0 Å². The molecular weight excluding hydrogens is 264 g/mol. The highest BCUT2D eigenvalue weighted by atomic mass is 16.2. The molecule has 0 aromatic heterocycles. The van der Waals surface area contributed by atoms with Crippen LogP contribution >= 0.6 is 0 Å². The molecule has 114 valence electrons. The summed E-state index contributed by atoms with van der Waals surface area (Å²) in [5.41, 5.74) is 7.18. The Balaban J connectivity index is 1.59. The van der Waals surface area contributed by atoms with Crippen molar-refractivity contribution in [3.63, 3.8) is 0 Å². The number of nitrogens with one attached hydrogen (secondary N) is 1. The zero-order chi connectivity index (χ0) is 14.8. The largest absolute Gasteiger partial charge is 0.399 e. The predicted molar refractivity (Wildman–Crippen MR) is 85.1 cm³/mol. The Labute approximate surface area is 126 Å². The summed E-state index contributed by atoms with van der Waals surface area (Å²) < 4.78 is 0. The molecule has 0 spiro atoms. The summed E-state index contributed by atoms with van der Waals surface area (Å²) in [6.45, 7) is 6.28. The van der Waals surface area contributed by atoms with Crippen LogP contribution in [-0.2, 0) is 4.79 Å². The molecule has 2 aliphatic heterocycles. The summed E-state index contributed by atoms with van der Waals surface area (Å²) in [6, 6.07) is 7.87. The van der Waals surface area contributed by atoms with E-state index in [0.717, 1.165) is 25.3 Å².